The van der Waals surface area contributed by atoms with Gasteiger partial charge in [-0.1, -0.05) is 36.0 Å². The Morgan fingerprint density at radius 1 is 0.973 bits per heavy atom. The third kappa shape index (κ3) is 6.62. The Morgan fingerprint density at radius 3 is 2.38 bits per heavy atom. The smallest absolute Gasteiger partial charge is 0.238 e. The number of benzene rings is 3. The molecule has 0 bridgehead atoms. The van der Waals surface area contributed by atoms with E-state index < -0.39 is 5.25 Å². The van der Waals surface area contributed by atoms with Crippen LogP contribution in [-0.4, -0.2) is 55.0 Å². The summed E-state index contributed by atoms with van der Waals surface area (Å²) in [5.41, 5.74) is 2.34. The van der Waals surface area contributed by atoms with Crippen LogP contribution in [0.3, 0.4) is 0 Å². The highest BCUT2D eigenvalue weighted by Crippen LogP contribution is 2.32. The lowest BCUT2D eigenvalue weighted by Crippen LogP contribution is -2.46. The van der Waals surface area contributed by atoms with Crippen molar-refractivity contribution in [1.29, 1.82) is 0 Å². The van der Waals surface area contributed by atoms with Gasteiger partial charge in [0.15, 0.2) is 16.7 Å². The second-order valence-electron chi connectivity index (χ2n) is 8.24. The normalized spacial score (nSPS) is 16.4. The van der Waals surface area contributed by atoms with Gasteiger partial charge in [-0.05, 0) is 60.5 Å². The number of hydrogen-bond donors (Lipinski definition) is 1. The number of amidine groups is 1. The van der Waals surface area contributed by atoms with Crippen LogP contribution < -0.4 is 19.5 Å². The van der Waals surface area contributed by atoms with Crippen LogP contribution in [0.15, 0.2) is 77.8 Å². The summed E-state index contributed by atoms with van der Waals surface area (Å²) < 4.78 is 16.0. The number of nitrogens with one attached hydrogen (secondary N) is 1. The predicted octanol–water partition coefficient (Wildman–Crippen LogP) is 4.92. The van der Waals surface area contributed by atoms with Gasteiger partial charge in [0.25, 0.3) is 0 Å². The first-order valence-electron chi connectivity index (χ1n) is 11.8. The Hall–Kier alpha value is -3.98. The third-order valence-corrected chi connectivity index (χ3v) is 7.03. The molecule has 1 heterocycles. The summed E-state index contributed by atoms with van der Waals surface area (Å²) in [5, 5.41) is 2.79. The summed E-state index contributed by atoms with van der Waals surface area (Å²) in [7, 11) is 4.78. The van der Waals surface area contributed by atoms with Gasteiger partial charge in [0.2, 0.25) is 11.8 Å². The molecule has 1 saturated heterocycles. The first kappa shape index (κ1) is 26.1. The minimum Gasteiger partial charge on any atom is -0.497 e. The maximum absolute atomic E-state index is 13.3. The van der Waals surface area contributed by atoms with E-state index in [1.807, 2.05) is 72.8 Å². The number of hydrogen-bond acceptors (Lipinski definition) is 7. The number of aliphatic imine (C=N–C) groups is 1. The molecule has 0 aliphatic carbocycles. The largest absolute Gasteiger partial charge is 0.497 e. The van der Waals surface area contributed by atoms with Gasteiger partial charge in [0.05, 0.1) is 27.0 Å². The van der Waals surface area contributed by atoms with Crippen molar-refractivity contribution in [3.05, 3.63) is 78.4 Å². The van der Waals surface area contributed by atoms with Crippen LogP contribution in [0.25, 0.3) is 0 Å². The van der Waals surface area contributed by atoms with E-state index in [1.165, 1.54) is 11.8 Å². The Kier molecular flexibility index (Phi) is 8.68. The topological polar surface area (TPSA) is 89.5 Å². The van der Waals surface area contributed by atoms with Crippen molar-refractivity contribution in [2.24, 2.45) is 4.99 Å². The van der Waals surface area contributed by atoms with Crippen LogP contribution in [0.2, 0.25) is 0 Å². The number of thioether (sulfide) groups is 1. The first-order valence-corrected chi connectivity index (χ1v) is 12.6. The molecule has 3 aromatic rings. The number of ether oxygens (including phenoxy) is 3. The molecular formula is C28H29N3O5S. The summed E-state index contributed by atoms with van der Waals surface area (Å²) in [6, 6.07) is 22.1. The predicted molar refractivity (Wildman–Crippen MR) is 146 cm³/mol. The molecule has 4 rings (SSSR count). The van der Waals surface area contributed by atoms with E-state index in [-0.39, 0.29) is 18.2 Å². The van der Waals surface area contributed by atoms with Crippen molar-refractivity contribution in [1.82, 2.24) is 4.90 Å². The van der Waals surface area contributed by atoms with Crippen LogP contribution >= 0.6 is 11.8 Å². The third-order valence-electron chi connectivity index (χ3n) is 5.84. The highest BCUT2D eigenvalue weighted by atomic mass is 32.2. The van der Waals surface area contributed by atoms with E-state index >= 15 is 0 Å². The number of anilines is 1. The van der Waals surface area contributed by atoms with Gasteiger partial charge in [-0.25, -0.2) is 4.99 Å². The van der Waals surface area contributed by atoms with Crippen molar-refractivity contribution in [3.63, 3.8) is 0 Å². The quantitative estimate of drug-likeness (QED) is 0.432. The fraction of sp³-hybridized carbons (Fsp3) is 0.250. The molecule has 0 aromatic heterocycles. The van der Waals surface area contributed by atoms with Gasteiger partial charge < -0.3 is 19.5 Å². The van der Waals surface area contributed by atoms with Gasteiger partial charge in [-0.3, -0.25) is 14.5 Å². The molecule has 1 aliphatic heterocycles. The van der Waals surface area contributed by atoms with Crippen LogP contribution in [0, 0.1) is 0 Å². The molecular weight excluding hydrogens is 490 g/mol. The lowest BCUT2D eigenvalue weighted by molar-refractivity contribution is -0.129. The zero-order valence-electron chi connectivity index (χ0n) is 21.0. The number of para-hydroxylation sites is 1. The van der Waals surface area contributed by atoms with Gasteiger partial charge in [0, 0.05) is 18.7 Å². The number of carbonyl (C=O) groups excluding carboxylic acids is 2. The maximum atomic E-state index is 13.3. The molecule has 37 heavy (non-hydrogen) atoms. The molecule has 8 nitrogen and oxygen atoms in total. The molecule has 1 atom stereocenters. The van der Waals surface area contributed by atoms with Gasteiger partial charge >= 0.3 is 0 Å². The first-order chi connectivity index (χ1) is 18.0. The molecule has 3 aromatic carbocycles. The molecule has 1 fully saturated rings. The van der Waals surface area contributed by atoms with E-state index in [9.17, 15) is 9.59 Å². The zero-order chi connectivity index (χ0) is 26.2. The molecule has 9 heteroatoms. The molecule has 1 aliphatic rings. The average Bonchev–Trinajstić information content (AvgIpc) is 2.93. The van der Waals surface area contributed by atoms with Crippen molar-refractivity contribution in [2.75, 3.05) is 33.2 Å². The van der Waals surface area contributed by atoms with Crippen molar-refractivity contribution in [2.45, 2.75) is 18.1 Å². The summed E-state index contributed by atoms with van der Waals surface area (Å²) in [5.74, 6) is 1.60. The molecule has 0 spiro atoms. The van der Waals surface area contributed by atoms with Crippen LogP contribution in [0.1, 0.15) is 12.0 Å². The molecule has 0 saturated carbocycles. The molecule has 0 unspecified atom stereocenters. The number of nitrogens with zero attached hydrogens (tertiary/aromatic N) is 2. The van der Waals surface area contributed by atoms with Gasteiger partial charge in [0.1, 0.15) is 11.0 Å². The molecule has 192 valence electrons. The zero-order valence-corrected chi connectivity index (χ0v) is 21.8. The monoisotopic (exact) mass is 519 g/mol. The Morgan fingerprint density at radius 2 is 1.70 bits per heavy atom. The van der Waals surface area contributed by atoms with E-state index in [4.69, 9.17) is 19.2 Å². The number of carbonyl (C=O) groups is 2. The van der Waals surface area contributed by atoms with E-state index in [0.29, 0.717) is 46.8 Å². The lowest BCUT2D eigenvalue weighted by Gasteiger charge is -2.32. The van der Waals surface area contributed by atoms with Crippen LogP contribution in [0.5, 0.6) is 17.2 Å². The summed E-state index contributed by atoms with van der Waals surface area (Å²) in [6.45, 7) is 0.406. The van der Waals surface area contributed by atoms with Gasteiger partial charge in [-0.15, -0.1) is 0 Å². The molecule has 0 radical (unpaired) electrons. The Labute approximate surface area is 220 Å². The van der Waals surface area contributed by atoms with Crippen LogP contribution in [0.4, 0.5) is 11.4 Å². The minimum atomic E-state index is -0.595. The molecule has 2 amide bonds. The highest BCUT2D eigenvalue weighted by Gasteiger charge is 2.35. The van der Waals surface area contributed by atoms with E-state index in [0.717, 1.165) is 5.56 Å². The second-order valence-corrected chi connectivity index (χ2v) is 9.41. The van der Waals surface area contributed by atoms with Crippen LogP contribution in [-0.2, 0) is 16.0 Å². The maximum Gasteiger partial charge on any atom is 0.238 e. The number of amides is 2. The summed E-state index contributed by atoms with van der Waals surface area (Å²) >= 11 is 1.29. The molecule has 1 N–H and O–H groups in total. The lowest BCUT2D eigenvalue weighted by atomic mass is 10.1. The van der Waals surface area contributed by atoms with Crippen molar-refractivity contribution in [3.8, 4) is 17.2 Å². The van der Waals surface area contributed by atoms with E-state index in [2.05, 4.69) is 5.32 Å². The second kappa shape index (κ2) is 12.3. The highest BCUT2D eigenvalue weighted by molar-refractivity contribution is 8.15. The SMILES string of the molecule is COc1ccc(N=C2S[C@H](C(=O)Nc3ccccc3)CC(=O)N2CCc2ccc(OC)c(OC)c2)cc1. The Balaban J connectivity index is 1.56. The average molecular weight is 520 g/mol. The number of methoxy groups -OCH3 is 3. The minimum absolute atomic E-state index is 0.0803. The number of rotatable bonds is 9. The Bertz CT molecular complexity index is 1260. The van der Waals surface area contributed by atoms with E-state index in [1.54, 1.807) is 26.2 Å². The fourth-order valence-corrected chi connectivity index (χ4v) is 4.97. The summed E-state index contributed by atoms with van der Waals surface area (Å²) in [4.78, 5) is 32.7. The summed E-state index contributed by atoms with van der Waals surface area (Å²) in [6.07, 6.45) is 0.659. The van der Waals surface area contributed by atoms with Gasteiger partial charge in [-0.2, -0.15) is 0 Å². The standard InChI is InChI=1S/C28H29N3O5S/c1-34-22-12-10-21(11-13-22)30-28-31(16-15-19-9-14-23(35-2)24(17-19)36-3)26(32)18-25(37-28)27(33)29-20-7-5-4-6-8-20/h4-14,17,25H,15-16,18H2,1-3H3,(H,29,33)/t25-/m0/s1. The van der Waals surface area contributed by atoms with Crippen molar-refractivity contribution < 1.29 is 23.8 Å². The fourth-order valence-electron chi connectivity index (χ4n) is 3.85. The van der Waals surface area contributed by atoms with Crippen molar-refractivity contribution >= 4 is 40.1 Å².